The number of carbonyl (C=O) groups excluding carboxylic acids is 2. The summed E-state index contributed by atoms with van der Waals surface area (Å²) in [4.78, 5) is 24.4. The van der Waals surface area contributed by atoms with Crippen molar-refractivity contribution in [3.63, 3.8) is 0 Å². The van der Waals surface area contributed by atoms with Crippen LogP contribution in [0.4, 0.5) is 0 Å². The minimum atomic E-state index is -0.502. The van der Waals surface area contributed by atoms with Crippen LogP contribution in [0.5, 0.6) is 28.7 Å². The molecule has 0 unspecified atom stereocenters. The monoisotopic (exact) mass is 431 g/mol. The van der Waals surface area contributed by atoms with Crippen molar-refractivity contribution >= 4 is 18.0 Å². The number of hydrazone groups is 1. The van der Waals surface area contributed by atoms with E-state index in [4.69, 9.17) is 23.7 Å². The van der Waals surface area contributed by atoms with Gasteiger partial charge in [-0.1, -0.05) is 0 Å². The topological polar surface area (TPSA) is 117 Å². The SMILES string of the molecule is COc1ccc(C=NNC(=O)CNC(=O)c2cc(OC)c(OC)c(OC)c2)cc1OC. The molecule has 0 bridgehead atoms. The maximum Gasteiger partial charge on any atom is 0.259 e. The Labute approximate surface area is 180 Å². The quantitative estimate of drug-likeness (QED) is 0.434. The standard InChI is InChI=1S/C21H25N3O7/c1-27-15-7-6-13(8-16(15)28-2)11-23-24-19(25)12-22-21(26)14-9-17(29-3)20(31-5)18(10-14)30-4/h6-11H,12H2,1-5H3,(H,22,26)(H,24,25). The van der Waals surface area contributed by atoms with Gasteiger partial charge in [0.2, 0.25) is 5.75 Å². The van der Waals surface area contributed by atoms with E-state index in [9.17, 15) is 9.59 Å². The number of hydrogen-bond acceptors (Lipinski definition) is 8. The predicted molar refractivity (Wildman–Crippen MR) is 114 cm³/mol. The molecule has 0 aliphatic carbocycles. The van der Waals surface area contributed by atoms with E-state index in [0.29, 0.717) is 34.3 Å². The third-order valence-electron chi connectivity index (χ3n) is 4.15. The molecular weight excluding hydrogens is 406 g/mol. The van der Waals surface area contributed by atoms with E-state index in [0.717, 1.165) is 0 Å². The maximum atomic E-state index is 12.4. The van der Waals surface area contributed by atoms with Gasteiger partial charge in [0, 0.05) is 5.56 Å². The van der Waals surface area contributed by atoms with E-state index >= 15 is 0 Å². The Kier molecular flexibility index (Phi) is 8.50. The zero-order valence-corrected chi connectivity index (χ0v) is 18.0. The molecule has 166 valence electrons. The number of rotatable bonds is 10. The lowest BCUT2D eigenvalue weighted by molar-refractivity contribution is -0.120. The third-order valence-corrected chi connectivity index (χ3v) is 4.15. The molecule has 0 saturated carbocycles. The first-order valence-electron chi connectivity index (χ1n) is 9.09. The first-order valence-corrected chi connectivity index (χ1v) is 9.09. The average molecular weight is 431 g/mol. The first kappa shape index (κ1) is 23.3. The van der Waals surface area contributed by atoms with Crippen molar-refractivity contribution in [3.8, 4) is 28.7 Å². The Balaban J connectivity index is 1.95. The molecule has 0 heterocycles. The molecule has 2 aromatic carbocycles. The van der Waals surface area contributed by atoms with Crippen molar-refractivity contribution in [2.45, 2.75) is 0 Å². The lowest BCUT2D eigenvalue weighted by Crippen LogP contribution is -2.34. The molecule has 0 aliphatic rings. The molecule has 0 fully saturated rings. The van der Waals surface area contributed by atoms with Crippen molar-refractivity contribution in [3.05, 3.63) is 41.5 Å². The summed E-state index contributed by atoms with van der Waals surface area (Å²) in [6, 6.07) is 8.16. The van der Waals surface area contributed by atoms with Crippen molar-refractivity contribution in [2.75, 3.05) is 42.1 Å². The van der Waals surface area contributed by atoms with Gasteiger partial charge in [0.15, 0.2) is 23.0 Å². The minimum Gasteiger partial charge on any atom is -0.493 e. The van der Waals surface area contributed by atoms with Gasteiger partial charge in [-0.05, 0) is 35.9 Å². The van der Waals surface area contributed by atoms with Gasteiger partial charge in [-0.3, -0.25) is 9.59 Å². The van der Waals surface area contributed by atoms with E-state index in [1.807, 2.05) is 0 Å². The summed E-state index contributed by atoms with van der Waals surface area (Å²) < 4.78 is 26.0. The van der Waals surface area contributed by atoms with Crippen LogP contribution in [0, 0.1) is 0 Å². The molecule has 0 aromatic heterocycles. The Morgan fingerprint density at radius 2 is 1.45 bits per heavy atom. The Morgan fingerprint density at radius 3 is 2.00 bits per heavy atom. The molecule has 2 amide bonds. The van der Waals surface area contributed by atoms with Gasteiger partial charge in [-0.15, -0.1) is 0 Å². The fourth-order valence-electron chi connectivity index (χ4n) is 2.63. The molecule has 2 N–H and O–H groups in total. The predicted octanol–water partition coefficient (Wildman–Crippen LogP) is 1.61. The highest BCUT2D eigenvalue weighted by atomic mass is 16.5. The summed E-state index contributed by atoms with van der Waals surface area (Å²) in [5.41, 5.74) is 3.28. The Morgan fingerprint density at radius 1 is 0.839 bits per heavy atom. The van der Waals surface area contributed by atoms with Crippen LogP contribution in [0.2, 0.25) is 0 Å². The van der Waals surface area contributed by atoms with E-state index in [-0.39, 0.29) is 12.1 Å². The lowest BCUT2D eigenvalue weighted by atomic mass is 10.1. The Hall–Kier alpha value is -3.95. The van der Waals surface area contributed by atoms with Gasteiger partial charge in [0.05, 0.1) is 48.3 Å². The molecule has 0 radical (unpaired) electrons. The van der Waals surface area contributed by atoms with Crippen LogP contribution in [0.25, 0.3) is 0 Å². The van der Waals surface area contributed by atoms with Crippen LogP contribution in [0.1, 0.15) is 15.9 Å². The average Bonchev–Trinajstić information content (AvgIpc) is 2.81. The van der Waals surface area contributed by atoms with Crippen LogP contribution in [-0.2, 0) is 4.79 Å². The normalized spacial score (nSPS) is 10.4. The van der Waals surface area contributed by atoms with Crippen LogP contribution in [0.3, 0.4) is 0 Å². The van der Waals surface area contributed by atoms with Gasteiger partial charge in [-0.2, -0.15) is 5.10 Å². The van der Waals surface area contributed by atoms with Crippen LogP contribution >= 0.6 is 0 Å². The van der Waals surface area contributed by atoms with Gasteiger partial charge in [-0.25, -0.2) is 5.43 Å². The highest BCUT2D eigenvalue weighted by Crippen LogP contribution is 2.38. The van der Waals surface area contributed by atoms with Crippen molar-refractivity contribution in [1.29, 1.82) is 0 Å². The number of amides is 2. The van der Waals surface area contributed by atoms with Gasteiger partial charge >= 0.3 is 0 Å². The second-order valence-electron chi connectivity index (χ2n) is 6.00. The fourth-order valence-corrected chi connectivity index (χ4v) is 2.63. The molecule has 0 spiro atoms. The number of ether oxygens (including phenoxy) is 5. The molecule has 2 aromatic rings. The second kappa shape index (κ2) is 11.3. The van der Waals surface area contributed by atoms with Gasteiger partial charge < -0.3 is 29.0 Å². The molecule has 0 atom stereocenters. The number of nitrogens with one attached hydrogen (secondary N) is 2. The number of benzene rings is 2. The molecule has 10 heteroatoms. The zero-order chi connectivity index (χ0) is 22.8. The number of hydrogen-bond donors (Lipinski definition) is 2. The third kappa shape index (κ3) is 6.01. The molecule has 10 nitrogen and oxygen atoms in total. The number of nitrogens with zero attached hydrogens (tertiary/aromatic N) is 1. The summed E-state index contributed by atoms with van der Waals surface area (Å²) in [6.07, 6.45) is 1.45. The van der Waals surface area contributed by atoms with E-state index < -0.39 is 11.8 Å². The van der Waals surface area contributed by atoms with Crippen molar-refractivity contribution in [1.82, 2.24) is 10.7 Å². The maximum absolute atomic E-state index is 12.4. The van der Waals surface area contributed by atoms with Gasteiger partial charge in [0.1, 0.15) is 0 Å². The smallest absolute Gasteiger partial charge is 0.259 e. The second-order valence-corrected chi connectivity index (χ2v) is 6.00. The number of carbonyl (C=O) groups is 2. The Bertz CT molecular complexity index is 935. The van der Waals surface area contributed by atoms with Crippen LogP contribution < -0.4 is 34.4 Å². The molecule has 0 aliphatic heterocycles. The summed E-state index contributed by atoms with van der Waals surface area (Å²) in [5.74, 6) is 1.15. The highest BCUT2D eigenvalue weighted by Gasteiger charge is 2.17. The summed E-state index contributed by atoms with van der Waals surface area (Å²) in [6.45, 7) is -0.279. The van der Waals surface area contributed by atoms with E-state index in [1.54, 1.807) is 18.2 Å². The van der Waals surface area contributed by atoms with Crippen molar-refractivity contribution in [2.24, 2.45) is 5.10 Å². The van der Waals surface area contributed by atoms with Crippen LogP contribution in [0.15, 0.2) is 35.4 Å². The molecule has 2 rings (SSSR count). The summed E-state index contributed by atoms with van der Waals surface area (Å²) in [5, 5.41) is 6.38. The van der Waals surface area contributed by atoms with Gasteiger partial charge in [0.25, 0.3) is 11.8 Å². The molecule has 31 heavy (non-hydrogen) atoms. The number of methoxy groups -OCH3 is 5. The van der Waals surface area contributed by atoms with Crippen molar-refractivity contribution < 1.29 is 33.3 Å². The lowest BCUT2D eigenvalue weighted by Gasteiger charge is -2.14. The van der Waals surface area contributed by atoms with E-state index in [1.165, 1.54) is 53.9 Å². The zero-order valence-electron chi connectivity index (χ0n) is 18.0. The summed E-state index contributed by atoms with van der Waals surface area (Å²) in [7, 11) is 7.42. The fraction of sp³-hybridized carbons (Fsp3) is 0.286. The summed E-state index contributed by atoms with van der Waals surface area (Å²) >= 11 is 0. The molecular formula is C21H25N3O7. The van der Waals surface area contributed by atoms with E-state index in [2.05, 4.69) is 15.8 Å². The minimum absolute atomic E-state index is 0.246. The largest absolute Gasteiger partial charge is 0.493 e. The first-order chi connectivity index (χ1) is 15.0. The highest BCUT2D eigenvalue weighted by molar-refractivity contribution is 5.97. The van der Waals surface area contributed by atoms with Crippen LogP contribution in [-0.4, -0.2) is 60.1 Å². The molecule has 0 saturated heterocycles.